The molecule has 0 amide bonds. The molecule has 0 aromatic rings. The Morgan fingerprint density at radius 1 is 1.32 bits per heavy atom. The van der Waals surface area contributed by atoms with Gasteiger partial charge in [-0.1, -0.05) is 12.8 Å². The Hall–Kier alpha value is -0.660. The molecule has 2 rings (SSSR count). The highest BCUT2D eigenvalue weighted by Gasteiger charge is 2.45. The Labute approximate surface area is 113 Å². The molecule has 1 aliphatic heterocycles. The third-order valence-electron chi connectivity index (χ3n) is 4.36. The molecule has 0 bridgehead atoms. The van der Waals surface area contributed by atoms with Crippen LogP contribution in [-0.4, -0.2) is 53.3 Å². The van der Waals surface area contributed by atoms with E-state index < -0.39 is 21.6 Å². The van der Waals surface area contributed by atoms with Gasteiger partial charge in [0.15, 0.2) is 0 Å². The normalized spacial score (nSPS) is 32.8. The SMILES string of the molecule is O=C(O)CCS(=O)(=O)N1CCC2(O)CCCCC2C1. The van der Waals surface area contributed by atoms with Crippen LogP contribution in [0.5, 0.6) is 0 Å². The molecule has 0 aromatic heterocycles. The van der Waals surface area contributed by atoms with Gasteiger partial charge < -0.3 is 10.2 Å². The van der Waals surface area contributed by atoms with Gasteiger partial charge in [0.25, 0.3) is 0 Å². The van der Waals surface area contributed by atoms with E-state index in [1.54, 1.807) is 0 Å². The lowest BCUT2D eigenvalue weighted by Gasteiger charge is -2.46. The second kappa shape index (κ2) is 5.38. The summed E-state index contributed by atoms with van der Waals surface area (Å²) in [5, 5.41) is 19.1. The summed E-state index contributed by atoms with van der Waals surface area (Å²) in [5.41, 5.74) is -0.711. The van der Waals surface area contributed by atoms with Crippen LogP contribution in [0.25, 0.3) is 0 Å². The lowest BCUT2D eigenvalue weighted by Crippen LogP contribution is -2.54. The van der Waals surface area contributed by atoms with Crippen molar-refractivity contribution in [3.05, 3.63) is 0 Å². The molecule has 2 fully saturated rings. The summed E-state index contributed by atoms with van der Waals surface area (Å²) in [7, 11) is -3.51. The van der Waals surface area contributed by atoms with Gasteiger partial charge in [0.05, 0.1) is 17.8 Å². The molecule has 0 radical (unpaired) electrons. The van der Waals surface area contributed by atoms with Crippen LogP contribution in [-0.2, 0) is 14.8 Å². The van der Waals surface area contributed by atoms with Gasteiger partial charge in [0.1, 0.15) is 0 Å². The number of sulfonamides is 1. The summed E-state index contributed by atoms with van der Waals surface area (Å²) in [6, 6.07) is 0. The van der Waals surface area contributed by atoms with Gasteiger partial charge in [-0.3, -0.25) is 4.79 Å². The van der Waals surface area contributed by atoms with Crippen molar-refractivity contribution in [2.24, 2.45) is 5.92 Å². The highest BCUT2D eigenvalue weighted by molar-refractivity contribution is 7.89. The van der Waals surface area contributed by atoms with Crippen molar-refractivity contribution in [2.45, 2.75) is 44.1 Å². The molecule has 2 unspecified atom stereocenters. The van der Waals surface area contributed by atoms with E-state index >= 15 is 0 Å². The summed E-state index contributed by atoms with van der Waals surface area (Å²) in [4.78, 5) is 10.5. The molecule has 6 nitrogen and oxygen atoms in total. The number of carboxylic acid groups (broad SMARTS) is 1. The number of hydrogen-bond acceptors (Lipinski definition) is 4. The second-order valence-corrected chi connectivity index (χ2v) is 7.70. The Morgan fingerprint density at radius 2 is 2.05 bits per heavy atom. The topological polar surface area (TPSA) is 94.9 Å². The van der Waals surface area contributed by atoms with Crippen molar-refractivity contribution in [3.63, 3.8) is 0 Å². The highest BCUT2D eigenvalue weighted by atomic mass is 32.2. The first-order chi connectivity index (χ1) is 8.83. The Balaban J connectivity index is 2.02. The molecule has 1 aliphatic carbocycles. The molecule has 19 heavy (non-hydrogen) atoms. The van der Waals surface area contributed by atoms with Crippen molar-refractivity contribution in [1.29, 1.82) is 0 Å². The van der Waals surface area contributed by atoms with Crippen molar-refractivity contribution in [3.8, 4) is 0 Å². The summed E-state index contributed by atoms with van der Waals surface area (Å²) >= 11 is 0. The van der Waals surface area contributed by atoms with E-state index in [4.69, 9.17) is 5.11 Å². The molecule has 0 spiro atoms. The number of carboxylic acids is 1. The van der Waals surface area contributed by atoms with Gasteiger partial charge in [-0.15, -0.1) is 0 Å². The molecular formula is C12H21NO5S. The average Bonchev–Trinajstić information content (AvgIpc) is 2.35. The fourth-order valence-corrected chi connectivity index (χ4v) is 4.61. The van der Waals surface area contributed by atoms with Crippen LogP contribution in [0.1, 0.15) is 38.5 Å². The Kier molecular flexibility index (Phi) is 4.17. The monoisotopic (exact) mass is 291 g/mol. The van der Waals surface area contributed by atoms with Crippen LogP contribution in [0.15, 0.2) is 0 Å². The lowest BCUT2D eigenvalue weighted by molar-refractivity contribution is -0.136. The predicted molar refractivity (Wildman–Crippen MR) is 69.1 cm³/mol. The van der Waals surface area contributed by atoms with Gasteiger partial charge in [0, 0.05) is 19.0 Å². The molecule has 2 aliphatic rings. The average molecular weight is 291 g/mol. The summed E-state index contributed by atoms with van der Waals surface area (Å²) < 4.78 is 25.5. The minimum Gasteiger partial charge on any atom is -0.481 e. The molecule has 7 heteroatoms. The molecule has 2 atom stereocenters. The zero-order valence-electron chi connectivity index (χ0n) is 10.9. The van der Waals surface area contributed by atoms with Crippen LogP contribution in [0.4, 0.5) is 0 Å². The predicted octanol–water partition coefficient (Wildman–Crippen LogP) is 0.418. The number of hydrogen-bond donors (Lipinski definition) is 2. The van der Waals surface area contributed by atoms with E-state index in [-0.39, 0.29) is 18.1 Å². The molecule has 1 saturated heterocycles. The maximum Gasteiger partial charge on any atom is 0.304 e. The van der Waals surface area contributed by atoms with Gasteiger partial charge in [-0.25, -0.2) is 12.7 Å². The van der Waals surface area contributed by atoms with Crippen LogP contribution in [0.3, 0.4) is 0 Å². The van der Waals surface area contributed by atoms with Crippen molar-refractivity contribution in [2.75, 3.05) is 18.8 Å². The van der Waals surface area contributed by atoms with Crippen molar-refractivity contribution >= 4 is 16.0 Å². The minimum atomic E-state index is -3.51. The minimum absolute atomic E-state index is 0.00500. The number of rotatable bonds is 4. The van der Waals surface area contributed by atoms with Gasteiger partial charge >= 0.3 is 5.97 Å². The van der Waals surface area contributed by atoms with E-state index in [1.165, 1.54) is 4.31 Å². The zero-order chi connectivity index (χ0) is 14.1. The Morgan fingerprint density at radius 3 is 2.74 bits per heavy atom. The molecule has 1 saturated carbocycles. The Bertz CT molecular complexity index is 449. The van der Waals surface area contributed by atoms with Crippen LogP contribution in [0.2, 0.25) is 0 Å². The van der Waals surface area contributed by atoms with Gasteiger partial charge in [-0.05, 0) is 19.3 Å². The molecule has 0 aromatic carbocycles. The van der Waals surface area contributed by atoms with Gasteiger partial charge in [0.2, 0.25) is 10.0 Å². The van der Waals surface area contributed by atoms with Crippen molar-refractivity contribution < 1.29 is 23.4 Å². The number of carbonyl (C=O) groups is 1. The smallest absolute Gasteiger partial charge is 0.304 e. The maximum atomic E-state index is 12.0. The molecular weight excluding hydrogens is 270 g/mol. The first-order valence-corrected chi connectivity index (χ1v) is 8.36. The van der Waals surface area contributed by atoms with E-state index in [0.717, 1.165) is 25.7 Å². The number of aliphatic carboxylic acids is 1. The fourth-order valence-electron chi connectivity index (χ4n) is 3.14. The van der Waals surface area contributed by atoms with Crippen molar-refractivity contribution in [1.82, 2.24) is 4.31 Å². The van der Waals surface area contributed by atoms with Gasteiger partial charge in [-0.2, -0.15) is 0 Å². The standard InChI is InChI=1S/C12H21NO5S/c14-11(15)4-8-19(17,18)13-7-6-12(16)5-2-1-3-10(12)9-13/h10,16H,1-9H2,(H,14,15). The largest absolute Gasteiger partial charge is 0.481 e. The van der Waals surface area contributed by atoms with Crippen LogP contribution >= 0.6 is 0 Å². The number of aliphatic hydroxyl groups is 1. The number of piperidine rings is 1. The lowest BCUT2D eigenvalue weighted by atomic mass is 9.72. The van der Waals surface area contributed by atoms with E-state index in [1.807, 2.05) is 0 Å². The second-order valence-electron chi connectivity index (χ2n) is 5.61. The third-order valence-corrected chi connectivity index (χ3v) is 6.20. The third kappa shape index (κ3) is 3.27. The van der Waals surface area contributed by atoms with E-state index in [9.17, 15) is 18.3 Å². The molecule has 110 valence electrons. The zero-order valence-corrected chi connectivity index (χ0v) is 11.7. The summed E-state index contributed by atoms with van der Waals surface area (Å²) in [6.07, 6.45) is 3.72. The fraction of sp³-hybridized carbons (Fsp3) is 0.917. The summed E-state index contributed by atoms with van der Waals surface area (Å²) in [5.74, 6) is -1.46. The quantitative estimate of drug-likeness (QED) is 0.782. The van der Waals surface area contributed by atoms with Crippen LogP contribution < -0.4 is 0 Å². The highest BCUT2D eigenvalue weighted by Crippen LogP contribution is 2.40. The van der Waals surface area contributed by atoms with Crippen LogP contribution in [0, 0.1) is 5.92 Å². The van der Waals surface area contributed by atoms with E-state index in [0.29, 0.717) is 19.5 Å². The molecule has 2 N–H and O–H groups in total. The summed E-state index contributed by atoms with van der Waals surface area (Å²) in [6.45, 7) is 0.632. The van der Waals surface area contributed by atoms with E-state index in [2.05, 4.69) is 0 Å². The first-order valence-electron chi connectivity index (χ1n) is 6.75. The number of fused-ring (bicyclic) bond motifs is 1. The first kappa shape index (κ1) is 14.7. The maximum absolute atomic E-state index is 12.0. The number of nitrogens with zero attached hydrogens (tertiary/aromatic N) is 1. The molecule has 1 heterocycles.